The number of benzene rings is 2. The van der Waals surface area contributed by atoms with Gasteiger partial charge in [-0.15, -0.1) is 0 Å². The van der Waals surface area contributed by atoms with Gasteiger partial charge in [0, 0.05) is 12.6 Å². The van der Waals surface area contributed by atoms with E-state index in [1.807, 2.05) is 30.3 Å². The van der Waals surface area contributed by atoms with Crippen LogP contribution in [0.3, 0.4) is 0 Å². The van der Waals surface area contributed by atoms with Crippen molar-refractivity contribution in [2.45, 2.75) is 6.54 Å². The Kier molecular flexibility index (Phi) is 5.24. The smallest absolute Gasteiger partial charge is 0.339 e. The van der Waals surface area contributed by atoms with Crippen LogP contribution in [-0.4, -0.2) is 11.8 Å². The van der Waals surface area contributed by atoms with E-state index in [4.69, 9.17) is 0 Å². The van der Waals surface area contributed by atoms with E-state index in [0.29, 0.717) is 16.8 Å². The SMILES string of the molecule is O=C(NCc1ccccc1)c1cc[n+]([O-])c(NC(=O)c2ccccc2)c1. The predicted molar refractivity (Wildman–Crippen MR) is 97.4 cm³/mol. The van der Waals surface area contributed by atoms with Gasteiger partial charge in [-0.1, -0.05) is 48.5 Å². The second-order valence-electron chi connectivity index (χ2n) is 5.61. The van der Waals surface area contributed by atoms with Crippen LogP contribution >= 0.6 is 0 Å². The van der Waals surface area contributed by atoms with Crippen molar-refractivity contribution in [1.29, 1.82) is 0 Å². The first-order valence-electron chi connectivity index (χ1n) is 8.05. The molecule has 1 heterocycles. The Labute approximate surface area is 150 Å². The molecule has 0 atom stereocenters. The molecule has 2 aromatic carbocycles. The number of amides is 2. The second kappa shape index (κ2) is 7.94. The minimum absolute atomic E-state index is 0.00814. The molecule has 0 saturated carbocycles. The van der Waals surface area contributed by atoms with Gasteiger partial charge in [0.2, 0.25) is 0 Å². The number of carbonyl (C=O) groups excluding carboxylic acids is 2. The Hall–Kier alpha value is -3.67. The molecular formula is C20H17N3O3. The van der Waals surface area contributed by atoms with E-state index in [2.05, 4.69) is 10.6 Å². The number of rotatable bonds is 5. The quantitative estimate of drug-likeness (QED) is 0.549. The minimum Gasteiger partial charge on any atom is -0.711 e. The Morgan fingerprint density at radius 3 is 2.19 bits per heavy atom. The van der Waals surface area contributed by atoms with E-state index in [1.165, 1.54) is 18.3 Å². The van der Waals surface area contributed by atoms with Gasteiger partial charge in [-0.25, -0.2) is 14.8 Å². The molecule has 2 N–H and O–H groups in total. The molecule has 2 amide bonds. The fraction of sp³-hybridized carbons (Fsp3) is 0.0500. The van der Waals surface area contributed by atoms with Crippen LogP contribution in [0.25, 0.3) is 0 Å². The monoisotopic (exact) mass is 347 g/mol. The second-order valence-corrected chi connectivity index (χ2v) is 5.61. The molecule has 6 heteroatoms. The van der Waals surface area contributed by atoms with Gasteiger partial charge >= 0.3 is 5.91 Å². The molecule has 130 valence electrons. The van der Waals surface area contributed by atoms with Crippen molar-refractivity contribution in [2.75, 3.05) is 5.32 Å². The molecule has 0 spiro atoms. The van der Waals surface area contributed by atoms with Gasteiger partial charge in [0.05, 0.1) is 17.3 Å². The predicted octanol–water partition coefficient (Wildman–Crippen LogP) is 2.50. The van der Waals surface area contributed by atoms with Gasteiger partial charge in [0.15, 0.2) is 0 Å². The van der Waals surface area contributed by atoms with Gasteiger partial charge in [0.25, 0.3) is 11.7 Å². The Morgan fingerprint density at radius 1 is 0.846 bits per heavy atom. The molecule has 3 aromatic rings. The molecule has 0 aliphatic rings. The normalized spacial score (nSPS) is 10.2. The van der Waals surface area contributed by atoms with E-state index in [9.17, 15) is 14.8 Å². The Balaban J connectivity index is 1.70. The third-order valence-electron chi connectivity index (χ3n) is 3.75. The van der Waals surface area contributed by atoms with E-state index in [0.717, 1.165) is 5.56 Å². The van der Waals surface area contributed by atoms with E-state index in [-0.39, 0.29) is 17.3 Å². The summed E-state index contributed by atoms with van der Waals surface area (Å²) in [5.41, 5.74) is 1.68. The number of hydrogen-bond acceptors (Lipinski definition) is 3. The molecule has 0 unspecified atom stereocenters. The van der Waals surface area contributed by atoms with Crippen LogP contribution < -0.4 is 15.4 Å². The lowest BCUT2D eigenvalue weighted by atomic mass is 10.2. The molecule has 0 bridgehead atoms. The summed E-state index contributed by atoms with van der Waals surface area (Å²) in [6, 6.07) is 20.8. The van der Waals surface area contributed by atoms with Gasteiger partial charge in [0.1, 0.15) is 0 Å². The average molecular weight is 347 g/mol. The highest BCUT2D eigenvalue weighted by Crippen LogP contribution is 2.08. The van der Waals surface area contributed by atoms with Gasteiger partial charge in [-0.2, -0.15) is 0 Å². The van der Waals surface area contributed by atoms with Crippen molar-refractivity contribution in [1.82, 2.24) is 5.32 Å². The van der Waals surface area contributed by atoms with Crippen molar-refractivity contribution in [3.8, 4) is 0 Å². The zero-order valence-corrected chi connectivity index (χ0v) is 13.9. The summed E-state index contributed by atoms with van der Waals surface area (Å²) in [5.74, 6) is -0.757. The van der Waals surface area contributed by atoms with Crippen molar-refractivity contribution < 1.29 is 14.3 Å². The fourth-order valence-corrected chi connectivity index (χ4v) is 2.38. The molecule has 0 aliphatic carbocycles. The van der Waals surface area contributed by atoms with Crippen LogP contribution in [-0.2, 0) is 6.54 Å². The number of pyridine rings is 1. The van der Waals surface area contributed by atoms with E-state index < -0.39 is 5.91 Å². The molecule has 0 fully saturated rings. The zero-order valence-electron chi connectivity index (χ0n) is 13.9. The first-order chi connectivity index (χ1) is 12.6. The third kappa shape index (κ3) is 4.24. The van der Waals surface area contributed by atoms with Crippen LogP contribution in [0.5, 0.6) is 0 Å². The maximum atomic E-state index is 12.3. The number of nitrogens with one attached hydrogen (secondary N) is 2. The van der Waals surface area contributed by atoms with Crippen molar-refractivity contribution in [3.05, 3.63) is 101 Å². The number of nitrogens with zero attached hydrogens (tertiary/aromatic N) is 1. The molecule has 6 nitrogen and oxygen atoms in total. The molecule has 1 aromatic heterocycles. The summed E-state index contributed by atoms with van der Waals surface area (Å²) in [6.07, 6.45) is 1.19. The average Bonchev–Trinajstić information content (AvgIpc) is 2.69. The largest absolute Gasteiger partial charge is 0.711 e. The number of anilines is 1. The standard InChI is InChI=1S/C20H17N3O3/c24-19(21-14-15-7-3-1-4-8-15)17-11-12-23(26)18(13-17)22-20(25)16-9-5-2-6-10-16/h1-13H,14H2,(H,21,24)(H,22,25). The lowest BCUT2D eigenvalue weighted by Gasteiger charge is -2.10. The van der Waals surface area contributed by atoms with Crippen LogP contribution in [0.15, 0.2) is 79.0 Å². The first kappa shape index (κ1) is 17.2. The highest BCUT2D eigenvalue weighted by atomic mass is 16.5. The molecule has 0 saturated heterocycles. The zero-order chi connectivity index (χ0) is 18.4. The van der Waals surface area contributed by atoms with E-state index in [1.54, 1.807) is 30.3 Å². The Bertz CT molecular complexity index is 912. The lowest BCUT2D eigenvalue weighted by molar-refractivity contribution is -0.590. The number of hydrogen-bond donors (Lipinski definition) is 2. The van der Waals surface area contributed by atoms with Crippen LogP contribution in [0.2, 0.25) is 0 Å². The summed E-state index contributed by atoms with van der Waals surface area (Å²) in [6.45, 7) is 0.373. The summed E-state index contributed by atoms with van der Waals surface area (Å²) in [7, 11) is 0. The van der Waals surface area contributed by atoms with Gasteiger partial charge in [-0.3, -0.25) is 4.79 Å². The van der Waals surface area contributed by atoms with Gasteiger partial charge < -0.3 is 10.5 Å². The highest BCUT2D eigenvalue weighted by Gasteiger charge is 2.16. The van der Waals surface area contributed by atoms with Crippen molar-refractivity contribution in [2.24, 2.45) is 0 Å². The molecular weight excluding hydrogens is 330 g/mol. The molecule has 3 rings (SSSR count). The maximum absolute atomic E-state index is 12.3. The lowest BCUT2D eigenvalue weighted by Crippen LogP contribution is -2.33. The molecule has 0 aliphatic heterocycles. The topological polar surface area (TPSA) is 85.1 Å². The summed E-state index contributed by atoms with van der Waals surface area (Å²) < 4.78 is 0.509. The summed E-state index contributed by atoms with van der Waals surface area (Å²) >= 11 is 0. The minimum atomic E-state index is -0.419. The van der Waals surface area contributed by atoms with Crippen LogP contribution in [0.1, 0.15) is 26.3 Å². The number of carbonyl (C=O) groups is 2. The van der Waals surface area contributed by atoms with Crippen LogP contribution in [0, 0.1) is 5.21 Å². The van der Waals surface area contributed by atoms with E-state index >= 15 is 0 Å². The summed E-state index contributed by atoms with van der Waals surface area (Å²) in [4.78, 5) is 24.5. The summed E-state index contributed by atoms with van der Waals surface area (Å²) in [5, 5.41) is 17.2. The van der Waals surface area contributed by atoms with Crippen LogP contribution in [0.4, 0.5) is 5.82 Å². The molecule has 26 heavy (non-hydrogen) atoms. The first-order valence-corrected chi connectivity index (χ1v) is 8.05. The number of aromatic nitrogens is 1. The highest BCUT2D eigenvalue weighted by molar-refractivity contribution is 6.04. The van der Waals surface area contributed by atoms with Gasteiger partial charge in [-0.05, 0) is 23.8 Å². The molecule has 0 radical (unpaired) electrons. The van der Waals surface area contributed by atoms with Crippen molar-refractivity contribution >= 4 is 17.6 Å². The maximum Gasteiger partial charge on any atom is 0.339 e. The Morgan fingerprint density at radius 2 is 1.50 bits per heavy atom. The fourth-order valence-electron chi connectivity index (χ4n) is 2.38. The van der Waals surface area contributed by atoms with Crippen molar-refractivity contribution in [3.63, 3.8) is 0 Å². The third-order valence-corrected chi connectivity index (χ3v) is 3.75.